The summed E-state index contributed by atoms with van der Waals surface area (Å²) in [6.07, 6.45) is 3.40. The van der Waals surface area contributed by atoms with E-state index in [4.69, 9.17) is 0 Å². The fraction of sp³-hybridized carbons (Fsp3) is 0.455. The Balaban J connectivity index is 0.00000144. The van der Waals surface area contributed by atoms with Crippen LogP contribution in [0.2, 0.25) is 0 Å². The van der Waals surface area contributed by atoms with Crippen molar-refractivity contribution in [2.45, 2.75) is 26.2 Å². The molecule has 0 saturated carbocycles. The first-order valence-electron chi connectivity index (χ1n) is 5.40. The molecule has 0 bridgehead atoms. The van der Waals surface area contributed by atoms with Gasteiger partial charge in [-0.1, -0.05) is 6.07 Å². The summed E-state index contributed by atoms with van der Waals surface area (Å²) in [5.41, 5.74) is 3.95. The zero-order chi connectivity index (χ0) is 11.5. The largest absolute Gasteiger partial charge is 3.00 e. The zero-order valence-corrected chi connectivity index (χ0v) is 13.4. The maximum absolute atomic E-state index is 10.6. The maximum Gasteiger partial charge on any atom is 3.00 e. The molecule has 4 nitrogen and oxygen atoms in total. The van der Waals surface area contributed by atoms with Gasteiger partial charge in [-0.3, -0.25) is 4.21 Å². The minimum atomic E-state index is -2.26. The first-order valence-corrected chi connectivity index (χ1v) is 6.47. The molecule has 0 aromatic heterocycles. The molecule has 1 aromatic rings. The maximum atomic E-state index is 10.6. The summed E-state index contributed by atoms with van der Waals surface area (Å²) in [7, 11) is 0. The van der Waals surface area contributed by atoms with Crippen molar-refractivity contribution in [1.82, 2.24) is 0 Å². The molecule has 0 amide bonds. The van der Waals surface area contributed by atoms with E-state index in [2.05, 4.69) is 16.1 Å². The second-order valence-electron chi connectivity index (χ2n) is 4.04. The van der Waals surface area contributed by atoms with Gasteiger partial charge in [-0.05, 0) is 43.4 Å². The van der Waals surface area contributed by atoms with Crippen LogP contribution in [0.4, 0.5) is 11.4 Å². The molecule has 2 N–H and O–H groups in total. The molecule has 0 saturated heterocycles. The molecule has 0 fully saturated rings. The van der Waals surface area contributed by atoms with Crippen molar-refractivity contribution in [3.05, 3.63) is 23.3 Å². The predicted molar refractivity (Wildman–Crippen MR) is 65.1 cm³/mol. The van der Waals surface area contributed by atoms with Gasteiger partial charge in [0, 0.05) is 23.5 Å². The van der Waals surface area contributed by atoms with E-state index in [1.807, 2.05) is 13.0 Å². The van der Waals surface area contributed by atoms with Gasteiger partial charge in [0.2, 0.25) is 0 Å². The normalized spacial score (nSPS) is 15.9. The van der Waals surface area contributed by atoms with E-state index in [9.17, 15) is 8.76 Å². The number of hydrogen-bond acceptors (Lipinski definition) is 3. The summed E-state index contributed by atoms with van der Waals surface area (Å²) in [5.74, 6) is 0. The van der Waals surface area contributed by atoms with Crippen molar-refractivity contribution in [1.29, 1.82) is 0 Å². The molecule has 1 unspecified atom stereocenters. The average Bonchev–Trinajstić information content (AvgIpc) is 2.42. The summed E-state index contributed by atoms with van der Waals surface area (Å²) in [6, 6.07) is 3.94. The number of rotatable bonds is 2. The van der Waals surface area contributed by atoms with Gasteiger partial charge in [0.15, 0.2) is 0 Å². The molecule has 1 heterocycles. The molecule has 1 aliphatic heterocycles. The number of nitrogens with one attached hydrogen (secondary N) is 2. The van der Waals surface area contributed by atoms with Gasteiger partial charge in [0.1, 0.15) is 0 Å². The molecule has 0 spiro atoms. The SMILES string of the molecule is Cc1cc2c(cc1NS(=O)[O-])NCCCC2.[Y+3]. The van der Waals surface area contributed by atoms with Gasteiger partial charge >= 0.3 is 32.7 Å². The van der Waals surface area contributed by atoms with Crippen molar-refractivity contribution in [2.24, 2.45) is 0 Å². The number of benzene rings is 1. The molecule has 0 aliphatic carbocycles. The third kappa shape index (κ3) is 4.02. The summed E-state index contributed by atoms with van der Waals surface area (Å²) in [6.45, 7) is 2.87. The van der Waals surface area contributed by atoms with Gasteiger partial charge in [-0.2, -0.15) is 0 Å². The third-order valence-corrected chi connectivity index (χ3v) is 3.22. The van der Waals surface area contributed by atoms with Crippen LogP contribution in [0, 0.1) is 6.92 Å². The first-order chi connectivity index (χ1) is 7.66. The quantitative estimate of drug-likeness (QED) is 0.816. The third-order valence-electron chi connectivity index (χ3n) is 2.83. The second-order valence-corrected chi connectivity index (χ2v) is 4.72. The minimum absolute atomic E-state index is 0. The first kappa shape index (κ1) is 15.1. The summed E-state index contributed by atoms with van der Waals surface area (Å²) < 4.78 is 23.7. The van der Waals surface area contributed by atoms with Gasteiger partial charge in [-0.15, -0.1) is 0 Å². The van der Waals surface area contributed by atoms with Crippen LogP contribution >= 0.6 is 0 Å². The fourth-order valence-corrected chi connectivity index (χ4v) is 2.40. The van der Waals surface area contributed by atoms with Crippen LogP contribution in [0.5, 0.6) is 0 Å². The van der Waals surface area contributed by atoms with Crippen LogP contribution in [-0.4, -0.2) is 15.3 Å². The number of hydrogen-bond donors (Lipinski definition) is 2. The standard InChI is InChI=1S/C11H16N2O2S.Y/c1-8-6-9-4-2-3-5-12-11(9)7-10(8)13-16(14)15;/h6-7,12-13H,2-5H2,1H3,(H,14,15);/q;+3/p-1. The van der Waals surface area contributed by atoms with E-state index >= 15 is 0 Å². The van der Waals surface area contributed by atoms with E-state index < -0.39 is 11.3 Å². The van der Waals surface area contributed by atoms with Gasteiger partial charge in [0.05, 0.1) is 5.69 Å². The Morgan fingerprint density at radius 2 is 2.18 bits per heavy atom. The summed E-state index contributed by atoms with van der Waals surface area (Å²) >= 11 is -2.26. The predicted octanol–water partition coefficient (Wildman–Crippen LogP) is 1.95. The second kappa shape index (κ2) is 6.83. The van der Waals surface area contributed by atoms with Crippen LogP contribution < -0.4 is 10.0 Å². The molecule has 1 aliphatic rings. The van der Waals surface area contributed by atoms with Crippen LogP contribution in [0.3, 0.4) is 0 Å². The fourth-order valence-electron chi connectivity index (χ4n) is 2.00. The van der Waals surface area contributed by atoms with Crippen molar-refractivity contribution in [2.75, 3.05) is 16.6 Å². The van der Waals surface area contributed by atoms with Crippen LogP contribution in [0.25, 0.3) is 0 Å². The minimum Gasteiger partial charge on any atom is -0.755 e. The topological polar surface area (TPSA) is 64.2 Å². The van der Waals surface area contributed by atoms with Crippen molar-refractivity contribution >= 4 is 22.6 Å². The Morgan fingerprint density at radius 3 is 2.88 bits per heavy atom. The van der Waals surface area contributed by atoms with Gasteiger partial charge in [0.25, 0.3) is 0 Å². The van der Waals surface area contributed by atoms with Crippen molar-refractivity contribution < 1.29 is 41.5 Å². The molecule has 88 valence electrons. The number of fused-ring (bicyclic) bond motifs is 1. The molecule has 1 aromatic carbocycles. The van der Waals surface area contributed by atoms with E-state index in [0.29, 0.717) is 5.69 Å². The number of anilines is 2. The van der Waals surface area contributed by atoms with E-state index in [1.54, 1.807) is 0 Å². The molecule has 2 rings (SSSR count). The Labute approximate surface area is 129 Å². The Bertz CT molecular complexity index is 426. The van der Waals surface area contributed by atoms with Gasteiger partial charge in [-0.25, -0.2) is 0 Å². The van der Waals surface area contributed by atoms with Gasteiger partial charge < -0.3 is 14.6 Å². The molecule has 17 heavy (non-hydrogen) atoms. The molecule has 6 heteroatoms. The Hall–Kier alpha value is 0.0339. The van der Waals surface area contributed by atoms with Crippen LogP contribution in [0.1, 0.15) is 24.0 Å². The van der Waals surface area contributed by atoms with Crippen LogP contribution in [-0.2, 0) is 50.4 Å². The summed E-state index contributed by atoms with van der Waals surface area (Å²) in [5, 5.41) is 3.32. The van der Waals surface area contributed by atoms with Crippen molar-refractivity contribution in [3.63, 3.8) is 0 Å². The monoisotopic (exact) mass is 328 g/mol. The smallest absolute Gasteiger partial charge is 0.755 e. The van der Waals surface area contributed by atoms with E-state index in [-0.39, 0.29) is 32.7 Å². The number of aryl methyl sites for hydroxylation is 2. The molecular formula is C11H15N2O2SY+2. The Kier molecular flexibility index (Phi) is 6.06. The molecule has 0 radical (unpaired) electrons. The average molecular weight is 328 g/mol. The Morgan fingerprint density at radius 1 is 1.41 bits per heavy atom. The summed E-state index contributed by atoms with van der Waals surface area (Å²) in [4.78, 5) is 0. The van der Waals surface area contributed by atoms with E-state index in [1.165, 1.54) is 12.0 Å². The molecular weight excluding hydrogens is 313 g/mol. The van der Waals surface area contributed by atoms with Crippen LogP contribution in [0.15, 0.2) is 12.1 Å². The van der Waals surface area contributed by atoms with Crippen molar-refractivity contribution in [3.8, 4) is 0 Å². The molecule has 1 atom stereocenters. The zero-order valence-electron chi connectivity index (χ0n) is 9.79. The van der Waals surface area contributed by atoms with E-state index in [0.717, 1.165) is 30.6 Å².